The lowest BCUT2D eigenvalue weighted by atomic mass is 10.00. The fourth-order valence-electron chi connectivity index (χ4n) is 2.19. The number of nitrogens with zero attached hydrogens (tertiary/aromatic N) is 2. The van der Waals surface area contributed by atoms with Crippen molar-refractivity contribution >= 4 is 44.1 Å². The first kappa shape index (κ1) is 13.3. The van der Waals surface area contributed by atoms with E-state index in [0.717, 1.165) is 31.9 Å². The second-order valence-electron chi connectivity index (χ2n) is 4.57. The molecule has 5 heteroatoms. The second kappa shape index (κ2) is 5.04. The van der Waals surface area contributed by atoms with Crippen molar-refractivity contribution in [1.82, 2.24) is 9.97 Å². The quantitative estimate of drug-likeness (QED) is 0.699. The highest BCUT2D eigenvalue weighted by Crippen LogP contribution is 2.40. The minimum absolute atomic E-state index is 0.477. The number of pyridine rings is 2. The van der Waals surface area contributed by atoms with Crippen molar-refractivity contribution < 1.29 is 0 Å². The second-order valence-corrected chi connectivity index (χ2v) is 5.74. The van der Waals surface area contributed by atoms with Crippen LogP contribution in [0, 0.1) is 6.92 Å². The Morgan fingerprint density at radius 2 is 2.00 bits per heavy atom. The lowest BCUT2D eigenvalue weighted by Gasteiger charge is -2.12. The van der Waals surface area contributed by atoms with E-state index in [-0.39, 0.29) is 0 Å². The van der Waals surface area contributed by atoms with Gasteiger partial charge < -0.3 is 5.73 Å². The zero-order valence-electron chi connectivity index (χ0n) is 10.7. The predicted molar refractivity (Wildman–Crippen MR) is 86.8 cm³/mol. The van der Waals surface area contributed by atoms with Crippen molar-refractivity contribution in [1.29, 1.82) is 0 Å². The molecule has 100 valence electrons. The Balaban J connectivity index is 2.37. The summed E-state index contributed by atoms with van der Waals surface area (Å²) >= 11 is 10.0. The molecule has 0 fully saturated rings. The van der Waals surface area contributed by atoms with Crippen molar-refractivity contribution in [2.45, 2.75) is 6.92 Å². The van der Waals surface area contributed by atoms with Crippen molar-refractivity contribution in [2.75, 3.05) is 5.73 Å². The molecule has 3 nitrogen and oxygen atoms in total. The van der Waals surface area contributed by atoms with Crippen LogP contribution in [-0.4, -0.2) is 9.97 Å². The third-order valence-corrected chi connectivity index (χ3v) is 4.70. The Hall–Kier alpha value is -1.65. The van der Waals surface area contributed by atoms with E-state index in [0.29, 0.717) is 10.8 Å². The molecule has 0 unspecified atom stereocenters. The Morgan fingerprint density at radius 3 is 2.75 bits per heavy atom. The SMILES string of the molecule is Cc1ccncc1-c1cc2cc(N)ncc2c(Cl)c1Br. The fraction of sp³-hybridized carbons (Fsp3) is 0.0667. The van der Waals surface area contributed by atoms with E-state index in [9.17, 15) is 0 Å². The van der Waals surface area contributed by atoms with Crippen LogP contribution in [0.1, 0.15) is 5.56 Å². The molecule has 0 bridgehead atoms. The molecule has 0 spiro atoms. The summed E-state index contributed by atoms with van der Waals surface area (Å²) in [4.78, 5) is 8.28. The van der Waals surface area contributed by atoms with E-state index in [1.54, 1.807) is 12.4 Å². The van der Waals surface area contributed by atoms with Gasteiger partial charge in [0, 0.05) is 34.0 Å². The van der Waals surface area contributed by atoms with Gasteiger partial charge in [0.05, 0.1) is 5.02 Å². The maximum atomic E-state index is 6.44. The molecular formula is C15H11BrClN3. The Morgan fingerprint density at radius 1 is 1.20 bits per heavy atom. The Kier molecular flexibility index (Phi) is 3.36. The number of aromatic nitrogens is 2. The lowest BCUT2D eigenvalue weighted by molar-refractivity contribution is 1.28. The van der Waals surface area contributed by atoms with Gasteiger partial charge in [-0.05, 0) is 57.6 Å². The van der Waals surface area contributed by atoms with E-state index in [4.69, 9.17) is 17.3 Å². The summed E-state index contributed by atoms with van der Waals surface area (Å²) in [5.74, 6) is 0.477. The van der Waals surface area contributed by atoms with E-state index in [2.05, 4.69) is 25.9 Å². The van der Waals surface area contributed by atoms with Gasteiger partial charge in [-0.1, -0.05) is 11.6 Å². The minimum atomic E-state index is 0.477. The van der Waals surface area contributed by atoms with Crippen LogP contribution in [-0.2, 0) is 0 Å². The molecule has 20 heavy (non-hydrogen) atoms. The lowest BCUT2D eigenvalue weighted by Crippen LogP contribution is -1.92. The predicted octanol–water partition coefficient (Wildman–Crippen LogP) is 4.60. The molecule has 2 heterocycles. The number of rotatable bonds is 1. The highest BCUT2D eigenvalue weighted by atomic mass is 79.9. The number of halogens is 2. The molecule has 3 rings (SSSR count). The molecule has 0 aliphatic rings. The van der Waals surface area contributed by atoms with Crippen LogP contribution in [0.4, 0.5) is 5.82 Å². The molecule has 0 saturated heterocycles. The summed E-state index contributed by atoms with van der Waals surface area (Å²) in [6.45, 7) is 2.04. The first-order valence-electron chi connectivity index (χ1n) is 6.02. The van der Waals surface area contributed by atoms with E-state index < -0.39 is 0 Å². The molecule has 0 amide bonds. The monoisotopic (exact) mass is 347 g/mol. The smallest absolute Gasteiger partial charge is 0.123 e. The van der Waals surface area contributed by atoms with Gasteiger partial charge in [0.2, 0.25) is 0 Å². The molecule has 0 saturated carbocycles. The van der Waals surface area contributed by atoms with Crippen LogP contribution in [0.3, 0.4) is 0 Å². The number of hydrogen-bond donors (Lipinski definition) is 1. The summed E-state index contributed by atoms with van der Waals surface area (Å²) in [7, 11) is 0. The standard InChI is InChI=1S/C15H11BrClN3/c1-8-2-3-19-6-11(8)10-4-9-5-13(18)20-7-12(9)15(17)14(10)16/h2-7H,1H3,(H2,18,20). The summed E-state index contributed by atoms with van der Waals surface area (Å²) in [6, 6.07) is 5.84. The Labute approximate surface area is 129 Å². The highest BCUT2D eigenvalue weighted by Gasteiger charge is 2.13. The normalized spacial score (nSPS) is 10.9. The number of nitrogens with two attached hydrogens (primary N) is 1. The van der Waals surface area contributed by atoms with Gasteiger partial charge >= 0.3 is 0 Å². The first-order chi connectivity index (χ1) is 9.58. The molecule has 2 aromatic heterocycles. The number of fused-ring (bicyclic) bond motifs is 1. The molecule has 1 aromatic carbocycles. The maximum Gasteiger partial charge on any atom is 0.123 e. The molecule has 0 aliphatic heterocycles. The van der Waals surface area contributed by atoms with E-state index >= 15 is 0 Å². The van der Waals surface area contributed by atoms with Crippen molar-refractivity contribution in [2.24, 2.45) is 0 Å². The fourth-order valence-corrected chi connectivity index (χ4v) is 2.99. The zero-order chi connectivity index (χ0) is 14.3. The van der Waals surface area contributed by atoms with Crippen LogP contribution in [0.5, 0.6) is 0 Å². The average molecular weight is 349 g/mol. The van der Waals surface area contributed by atoms with Crippen molar-refractivity contribution in [3.05, 3.63) is 51.8 Å². The van der Waals surface area contributed by atoms with E-state index in [1.807, 2.05) is 31.3 Å². The van der Waals surface area contributed by atoms with Gasteiger partial charge in [-0.3, -0.25) is 4.98 Å². The third-order valence-electron chi connectivity index (χ3n) is 3.25. The number of aryl methyl sites for hydroxylation is 1. The van der Waals surface area contributed by atoms with Gasteiger partial charge in [0.25, 0.3) is 0 Å². The molecule has 3 aromatic rings. The maximum absolute atomic E-state index is 6.44. The largest absolute Gasteiger partial charge is 0.384 e. The first-order valence-corrected chi connectivity index (χ1v) is 7.19. The summed E-state index contributed by atoms with van der Waals surface area (Å²) in [6.07, 6.45) is 5.30. The molecule has 2 N–H and O–H groups in total. The van der Waals surface area contributed by atoms with Crippen LogP contribution >= 0.6 is 27.5 Å². The van der Waals surface area contributed by atoms with Crippen LogP contribution in [0.15, 0.2) is 41.3 Å². The van der Waals surface area contributed by atoms with Crippen LogP contribution in [0.2, 0.25) is 5.02 Å². The van der Waals surface area contributed by atoms with E-state index in [1.165, 1.54) is 0 Å². The van der Waals surface area contributed by atoms with Gasteiger partial charge in [0.1, 0.15) is 5.82 Å². The highest BCUT2D eigenvalue weighted by molar-refractivity contribution is 9.10. The number of nitrogen functional groups attached to an aromatic ring is 1. The molecule has 0 atom stereocenters. The minimum Gasteiger partial charge on any atom is -0.384 e. The van der Waals surface area contributed by atoms with Gasteiger partial charge in [-0.15, -0.1) is 0 Å². The Bertz CT molecular complexity index is 818. The topological polar surface area (TPSA) is 51.8 Å². The summed E-state index contributed by atoms with van der Waals surface area (Å²) < 4.78 is 0.842. The molecular weight excluding hydrogens is 338 g/mol. The molecule has 0 aliphatic carbocycles. The molecule has 0 radical (unpaired) electrons. The van der Waals surface area contributed by atoms with Gasteiger partial charge in [-0.2, -0.15) is 0 Å². The zero-order valence-corrected chi connectivity index (χ0v) is 13.0. The van der Waals surface area contributed by atoms with Crippen molar-refractivity contribution in [3.8, 4) is 11.1 Å². The third kappa shape index (κ3) is 2.15. The van der Waals surface area contributed by atoms with Crippen LogP contribution < -0.4 is 5.73 Å². The summed E-state index contributed by atoms with van der Waals surface area (Å²) in [5, 5.41) is 2.47. The number of benzene rings is 1. The number of hydrogen-bond acceptors (Lipinski definition) is 3. The summed E-state index contributed by atoms with van der Waals surface area (Å²) in [5.41, 5.74) is 8.93. The van der Waals surface area contributed by atoms with Crippen molar-refractivity contribution in [3.63, 3.8) is 0 Å². The van der Waals surface area contributed by atoms with Gasteiger partial charge in [-0.25, -0.2) is 4.98 Å². The van der Waals surface area contributed by atoms with Crippen LogP contribution in [0.25, 0.3) is 21.9 Å². The number of anilines is 1. The van der Waals surface area contributed by atoms with Gasteiger partial charge in [0.15, 0.2) is 0 Å². The average Bonchev–Trinajstić information content (AvgIpc) is 2.43.